The predicted molar refractivity (Wildman–Crippen MR) is 77.0 cm³/mol. The van der Waals surface area contributed by atoms with Gasteiger partial charge in [-0.25, -0.2) is 0 Å². The van der Waals surface area contributed by atoms with E-state index in [-0.39, 0.29) is 0 Å². The molecular weight excluding hydrogens is 306 g/mol. The lowest BCUT2D eigenvalue weighted by atomic mass is 10.2. The van der Waals surface area contributed by atoms with Gasteiger partial charge in [0.1, 0.15) is 6.54 Å². The summed E-state index contributed by atoms with van der Waals surface area (Å²) in [5, 5.41) is 5.18. The smallest absolute Gasteiger partial charge is 0.246 e. The second kappa shape index (κ2) is 5.17. The molecule has 0 amide bonds. The molecule has 0 saturated heterocycles. The van der Waals surface area contributed by atoms with Gasteiger partial charge in [0.2, 0.25) is 5.89 Å². The number of hydrogen-bond acceptors (Lipinski definition) is 3. The lowest BCUT2D eigenvalue weighted by molar-refractivity contribution is 0.367. The van der Waals surface area contributed by atoms with E-state index in [1.54, 1.807) is 0 Å². The molecule has 0 fully saturated rings. The summed E-state index contributed by atoms with van der Waals surface area (Å²) in [7, 11) is 0. The fraction of sp³-hybridized carbons (Fsp3) is 0.286. The van der Waals surface area contributed by atoms with Crippen molar-refractivity contribution in [3.8, 4) is 0 Å². The van der Waals surface area contributed by atoms with Crippen LogP contribution in [0.3, 0.4) is 0 Å². The molecule has 0 bridgehead atoms. The molecule has 0 atom stereocenters. The fourth-order valence-electron chi connectivity index (χ4n) is 2.12. The number of fused-ring (bicyclic) bond motifs is 1. The van der Waals surface area contributed by atoms with E-state index >= 15 is 0 Å². The first-order valence-electron chi connectivity index (χ1n) is 6.32. The van der Waals surface area contributed by atoms with Gasteiger partial charge in [-0.3, -0.25) is 0 Å². The summed E-state index contributed by atoms with van der Waals surface area (Å²) in [6.45, 7) is 2.71. The van der Waals surface area contributed by atoms with Crippen LogP contribution in [-0.2, 0) is 13.0 Å². The number of rotatable bonds is 4. The van der Waals surface area contributed by atoms with Gasteiger partial charge in [-0.2, -0.15) is 4.98 Å². The van der Waals surface area contributed by atoms with Gasteiger partial charge in [0.15, 0.2) is 5.82 Å². The summed E-state index contributed by atoms with van der Waals surface area (Å²) in [4.78, 5) is 4.39. The number of hydrogen-bond donors (Lipinski definition) is 0. The Morgan fingerprint density at radius 2 is 2.21 bits per heavy atom. The molecule has 0 aliphatic heterocycles. The van der Waals surface area contributed by atoms with Crippen LogP contribution in [0.1, 0.15) is 25.1 Å². The first-order chi connectivity index (χ1) is 9.26. The first-order valence-corrected chi connectivity index (χ1v) is 7.11. The standard InChI is InChI=1S/C14H14BrN3O/c1-2-3-13-16-14(19-17-13)9-18-7-6-10-4-5-11(15)8-12(10)18/h4-8H,2-3,9H2,1H3. The van der Waals surface area contributed by atoms with Crippen molar-refractivity contribution in [2.45, 2.75) is 26.3 Å². The number of benzene rings is 1. The molecule has 0 aliphatic rings. The molecule has 2 aromatic heterocycles. The minimum Gasteiger partial charge on any atom is -0.338 e. The zero-order chi connectivity index (χ0) is 13.2. The molecule has 0 aliphatic carbocycles. The first kappa shape index (κ1) is 12.4. The van der Waals surface area contributed by atoms with Crippen molar-refractivity contribution in [2.75, 3.05) is 0 Å². The van der Waals surface area contributed by atoms with Gasteiger partial charge in [0.05, 0.1) is 0 Å². The Hall–Kier alpha value is -1.62. The molecule has 0 spiro atoms. The zero-order valence-corrected chi connectivity index (χ0v) is 12.2. The average molecular weight is 320 g/mol. The van der Waals surface area contributed by atoms with E-state index < -0.39 is 0 Å². The SMILES string of the molecule is CCCc1noc(Cn2ccc3ccc(Br)cc32)n1. The van der Waals surface area contributed by atoms with E-state index in [9.17, 15) is 0 Å². The Bertz CT molecular complexity index is 702. The lowest BCUT2D eigenvalue weighted by Crippen LogP contribution is -1.98. The molecular formula is C14H14BrN3O. The van der Waals surface area contributed by atoms with Gasteiger partial charge >= 0.3 is 0 Å². The summed E-state index contributed by atoms with van der Waals surface area (Å²) in [6.07, 6.45) is 3.93. The van der Waals surface area contributed by atoms with Crippen molar-refractivity contribution in [3.63, 3.8) is 0 Å². The van der Waals surface area contributed by atoms with Gasteiger partial charge < -0.3 is 9.09 Å². The van der Waals surface area contributed by atoms with Crippen molar-refractivity contribution >= 4 is 26.8 Å². The van der Waals surface area contributed by atoms with E-state index in [4.69, 9.17) is 4.52 Å². The molecule has 0 unspecified atom stereocenters. The van der Waals surface area contributed by atoms with Crippen molar-refractivity contribution < 1.29 is 4.52 Å². The maximum atomic E-state index is 5.28. The number of aromatic nitrogens is 3. The summed E-state index contributed by atoms with van der Waals surface area (Å²) in [6, 6.07) is 8.31. The minimum atomic E-state index is 0.608. The summed E-state index contributed by atoms with van der Waals surface area (Å²) in [5.74, 6) is 1.44. The van der Waals surface area contributed by atoms with Gasteiger partial charge in [-0.05, 0) is 30.0 Å². The summed E-state index contributed by atoms with van der Waals surface area (Å²) < 4.78 is 8.46. The predicted octanol–water partition coefficient (Wildman–Crippen LogP) is 3.79. The van der Waals surface area contributed by atoms with Crippen molar-refractivity contribution in [2.24, 2.45) is 0 Å². The second-order valence-corrected chi connectivity index (χ2v) is 5.42. The molecule has 2 heterocycles. The van der Waals surface area contributed by atoms with Crippen molar-refractivity contribution in [1.82, 2.24) is 14.7 Å². The van der Waals surface area contributed by atoms with E-state index in [0.717, 1.165) is 28.7 Å². The Morgan fingerprint density at radius 1 is 1.32 bits per heavy atom. The third-order valence-corrected chi connectivity index (χ3v) is 3.52. The molecule has 4 nitrogen and oxygen atoms in total. The van der Waals surface area contributed by atoms with Crippen LogP contribution < -0.4 is 0 Å². The van der Waals surface area contributed by atoms with Crippen LogP contribution in [0.2, 0.25) is 0 Å². The Balaban J connectivity index is 1.89. The highest BCUT2D eigenvalue weighted by molar-refractivity contribution is 9.10. The summed E-state index contributed by atoms with van der Waals surface area (Å²) >= 11 is 3.50. The second-order valence-electron chi connectivity index (χ2n) is 4.50. The van der Waals surface area contributed by atoms with Crippen LogP contribution in [0, 0.1) is 0 Å². The van der Waals surface area contributed by atoms with Crippen LogP contribution in [0.4, 0.5) is 0 Å². The van der Waals surface area contributed by atoms with Gasteiger partial charge in [0, 0.05) is 22.6 Å². The molecule has 0 N–H and O–H groups in total. The quantitative estimate of drug-likeness (QED) is 0.735. The van der Waals surface area contributed by atoms with E-state index in [1.807, 2.05) is 12.3 Å². The monoisotopic (exact) mass is 319 g/mol. The normalized spacial score (nSPS) is 11.3. The molecule has 0 saturated carbocycles. The topological polar surface area (TPSA) is 43.9 Å². The van der Waals surface area contributed by atoms with E-state index in [2.05, 4.69) is 55.8 Å². The number of aryl methyl sites for hydroxylation is 1. The van der Waals surface area contributed by atoms with Crippen molar-refractivity contribution in [1.29, 1.82) is 0 Å². The Kier molecular flexibility index (Phi) is 3.38. The highest BCUT2D eigenvalue weighted by Gasteiger charge is 2.08. The third kappa shape index (κ3) is 2.56. The molecule has 1 aromatic carbocycles. The average Bonchev–Trinajstić information content (AvgIpc) is 2.98. The third-order valence-electron chi connectivity index (χ3n) is 3.03. The summed E-state index contributed by atoms with van der Waals surface area (Å²) in [5.41, 5.74) is 1.16. The minimum absolute atomic E-state index is 0.608. The highest BCUT2D eigenvalue weighted by Crippen LogP contribution is 2.21. The Morgan fingerprint density at radius 3 is 3.05 bits per heavy atom. The molecule has 5 heteroatoms. The maximum absolute atomic E-state index is 5.28. The van der Waals surface area contributed by atoms with Crippen LogP contribution in [0.5, 0.6) is 0 Å². The van der Waals surface area contributed by atoms with Crippen LogP contribution >= 0.6 is 15.9 Å². The van der Waals surface area contributed by atoms with Gasteiger partial charge in [-0.15, -0.1) is 0 Å². The molecule has 3 aromatic rings. The van der Waals surface area contributed by atoms with E-state index in [1.165, 1.54) is 5.39 Å². The molecule has 0 radical (unpaired) electrons. The van der Waals surface area contributed by atoms with Gasteiger partial charge in [0.25, 0.3) is 0 Å². The molecule has 19 heavy (non-hydrogen) atoms. The van der Waals surface area contributed by atoms with Crippen LogP contribution in [0.15, 0.2) is 39.5 Å². The highest BCUT2D eigenvalue weighted by atomic mass is 79.9. The van der Waals surface area contributed by atoms with Gasteiger partial charge in [-0.1, -0.05) is 34.1 Å². The fourth-order valence-corrected chi connectivity index (χ4v) is 2.47. The molecule has 98 valence electrons. The largest absolute Gasteiger partial charge is 0.338 e. The maximum Gasteiger partial charge on any atom is 0.246 e. The number of nitrogens with zero attached hydrogens (tertiary/aromatic N) is 3. The zero-order valence-electron chi connectivity index (χ0n) is 10.6. The van der Waals surface area contributed by atoms with Crippen molar-refractivity contribution in [3.05, 3.63) is 46.7 Å². The van der Waals surface area contributed by atoms with Crippen LogP contribution in [0.25, 0.3) is 10.9 Å². The van der Waals surface area contributed by atoms with Crippen LogP contribution in [-0.4, -0.2) is 14.7 Å². The number of halogens is 1. The molecule has 3 rings (SSSR count). The van der Waals surface area contributed by atoms with E-state index in [0.29, 0.717) is 12.4 Å². The Labute approximate surface area is 119 Å². The lowest BCUT2D eigenvalue weighted by Gasteiger charge is -2.01.